The van der Waals surface area contributed by atoms with Gasteiger partial charge in [0.2, 0.25) is 5.88 Å². The molecule has 0 spiro atoms. The zero-order valence-electron chi connectivity index (χ0n) is 12.8. The van der Waals surface area contributed by atoms with Crippen LogP contribution in [0.3, 0.4) is 0 Å². The molecule has 1 heterocycles. The molecule has 0 aliphatic rings. The molecule has 0 aliphatic carbocycles. The first-order valence-corrected chi connectivity index (χ1v) is 7.21. The van der Waals surface area contributed by atoms with E-state index in [1.54, 1.807) is 7.11 Å². The Bertz CT molecular complexity index is 585. The summed E-state index contributed by atoms with van der Waals surface area (Å²) in [6, 6.07) is 9.66. The quantitative estimate of drug-likeness (QED) is 0.788. The van der Waals surface area contributed by atoms with Gasteiger partial charge in [0.05, 0.1) is 7.11 Å². The minimum atomic E-state index is 0.610. The normalized spacial score (nSPS) is 10.4. The van der Waals surface area contributed by atoms with Crippen molar-refractivity contribution < 1.29 is 9.47 Å². The Hall–Kier alpha value is -2.07. The number of rotatable bonds is 7. The van der Waals surface area contributed by atoms with Crippen LogP contribution in [0.5, 0.6) is 17.4 Å². The van der Waals surface area contributed by atoms with Crippen LogP contribution >= 0.6 is 0 Å². The molecule has 0 saturated carbocycles. The highest BCUT2D eigenvalue weighted by molar-refractivity contribution is 5.43. The predicted octanol–water partition coefficient (Wildman–Crippen LogP) is 3.69. The molecule has 0 amide bonds. The van der Waals surface area contributed by atoms with Gasteiger partial charge < -0.3 is 14.8 Å². The number of methoxy groups -OCH3 is 1. The Balaban J connectivity index is 2.10. The molecule has 2 aromatic rings. The van der Waals surface area contributed by atoms with Gasteiger partial charge in [0.1, 0.15) is 0 Å². The predicted molar refractivity (Wildman–Crippen MR) is 84.0 cm³/mol. The molecule has 1 N–H and O–H groups in total. The second-order valence-electron chi connectivity index (χ2n) is 4.90. The van der Waals surface area contributed by atoms with E-state index in [2.05, 4.69) is 23.3 Å². The monoisotopic (exact) mass is 286 g/mol. The molecule has 0 saturated heterocycles. The molecule has 1 aromatic carbocycles. The van der Waals surface area contributed by atoms with Crippen molar-refractivity contribution in [1.29, 1.82) is 0 Å². The molecular weight excluding hydrogens is 264 g/mol. The van der Waals surface area contributed by atoms with Crippen molar-refractivity contribution >= 4 is 0 Å². The Kier molecular flexibility index (Phi) is 5.58. The average Bonchev–Trinajstić information content (AvgIpc) is 2.50. The Labute approximate surface area is 126 Å². The number of para-hydroxylation sites is 2. The first kappa shape index (κ1) is 15.3. The molecule has 0 aliphatic heterocycles. The van der Waals surface area contributed by atoms with E-state index in [-0.39, 0.29) is 0 Å². The van der Waals surface area contributed by atoms with E-state index in [1.165, 1.54) is 0 Å². The smallest absolute Gasteiger partial charge is 0.222 e. The van der Waals surface area contributed by atoms with Crippen LogP contribution in [-0.2, 0) is 6.54 Å². The molecule has 2 rings (SSSR count). The summed E-state index contributed by atoms with van der Waals surface area (Å²) in [4.78, 5) is 4.41. The Morgan fingerprint density at radius 3 is 2.62 bits per heavy atom. The van der Waals surface area contributed by atoms with Crippen LogP contribution < -0.4 is 14.8 Å². The third-order valence-electron chi connectivity index (χ3n) is 3.12. The van der Waals surface area contributed by atoms with Gasteiger partial charge in [-0.05, 0) is 43.7 Å². The maximum absolute atomic E-state index is 5.86. The number of hydrogen-bond acceptors (Lipinski definition) is 4. The van der Waals surface area contributed by atoms with Gasteiger partial charge in [-0.25, -0.2) is 4.98 Å². The highest BCUT2D eigenvalue weighted by atomic mass is 16.5. The van der Waals surface area contributed by atoms with Crippen molar-refractivity contribution in [3.8, 4) is 17.4 Å². The summed E-state index contributed by atoms with van der Waals surface area (Å²) < 4.78 is 11.1. The summed E-state index contributed by atoms with van der Waals surface area (Å²) in [7, 11) is 1.63. The molecular formula is C17H22N2O2. The average molecular weight is 286 g/mol. The molecule has 21 heavy (non-hydrogen) atoms. The Morgan fingerprint density at radius 1 is 1.19 bits per heavy atom. The van der Waals surface area contributed by atoms with Crippen molar-refractivity contribution in [3.05, 3.63) is 47.7 Å². The van der Waals surface area contributed by atoms with Gasteiger partial charge >= 0.3 is 0 Å². The third-order valence-corrected chi connectivity index (χ3v) is 3.12. The van der Waals surface area contributed by atoms with Crippen molar-refractivity contribution in [2.75, 3.05) is 13.7 Å². The van der Waals surface area contributed by atoms with Crippen LogP contribution in [-0.4, -0.2) is 18.6 Å². The Morgan fingerprint density at radius 2 is 1.95 bits per heavy atom. The summed E-state index contributed by atoms with van der Waals surface area (Å²) in [5, 5.41) is 3.37. The molecule has 112 valence electrons. The van der Waals surface area contributed by atoms with E-state index in [0.29, 0.717) is 17.4 Å². The van der Waals surface area contributed by atoms with Crippen molar-refractivity contribution in [1.82, 2.24) is 10.3 Å². The summed E-state index contributed by atoms with van der Waals surface area (Å²) in [6.45, 7) is 6.00. The minimum absolute atomic E-state index is 0.610. The first-order valence-electron chi connectivity index (χ1n) is 7.21. The van der Waals surface area contributed by atoms with E-state index < -0.39 is 0 Å². The molecule has 1 aromatic heterocycles. The molecule has 4 nitrogen and oxygen atoms in total. The van der Waals surface area contributed by atoms with Gasteiger partial charge in [-0.3, -0.25) is 0 Å². The fourth-order valence-corrected chi connectivity index (χ4v) is 2.04. The van der Waals surface area contributed by atoms with E-state index >= 15 is 0 Å². The lowest BCUT2D eigenvalue weighted by Gasteiger charge is -2.12. The summed E-state index contributed by atoms with van der Waals surface area (Å²) in [5.41, 5.74) is 2.17. The van der Waals surface area contributed by atoms with Crippen molar-refractivity contribution in [3.63, 3.8) is 0 Å². The number of ether oxygens (including phenoxy) is 2. The lowest BCUT2D eigenvalue weighted by atomic mass is 10.2. The number of pyridine rings is 1. The van der Waals surface area contributed by atoms with Crippen LogP contribution in [0, 0.1) is 6.92 Å². The summed E-state index contributed by atoms with van der Waals surface area (Å²) in [5.74, 6) is 1.98. The van der Waals surface area contributed by atoms with E-state index in [4.69, 9.17) is 9.47 Å². The zero-order valence-corrected chi connectivity index (χ0v) is 12.8. The van der Waals surface area contributed by atoms with Gasteiger partial charge in [0.15, 0.2) is 11.5 Å². The van der Waals surface area contributed by atoms with Gasteiger partial charge in [0, 0.05) is 18.3 Å². The SMILES string of the molecule is CCCNCc1cnc(Oc2ccccc2OC)c(C)c1. The number of nitrogens with zero attached hydrogens (tertiary/aromatic N) is 1. The molecule has 0 atom stereocenters. The number of nitrogens with one attached hydrogen (secondary N) is 1. The van der Waals surface area contributed by atoms with Crippen LogP contribution in [0.25, 0.3) is 0 Å². The maximum Gasteiger partial charge on any atom is 0.222 e. The maximum atomic E-state index is 5.86. The zero-order chi connectivity index (χ0) is 15.1. The highest BCUT2D eigenvalue weighted by Gasteiger charge is 2.08. The van der Waals surface area contributed by atoms with Gasteiger partial charge in [0.25, 0.3) is 0 Å². The molecule has 0 unspecified atom stereocenters. The van der Waals surface area contributed by atoms with Crippen LogP contribution in [0.15, 0.2) is 36.5 Å². The number of aryl methyl sites for hydroxylation is 1. The van der Waals surface area contributed by atoms with Gasteiger partial charge in [-0.2, -0.15) is 0 Å². The molecule has 0 fully saturated rings. The summed E-state index contributed by atoms with van der Waals surface area (Å²) >= 11 is 0. The fourth-order valence-electron chi connectivity index (χ4n) is 2.04. The van der Waals surface area contributed by atoms with E-state index in [1.807, 2.05) is 37.4 Å². The number of aromatic nitrogens is 1. The first-order chi connectivity index (χ1) is 10.2. The molecule has 4 heteroatoms. The third kappa shape index (κ3) is 4.20. The van der Waals surface area contributed by atoms with Crippen molar-refractivity contribution in [2.45, 2.75) is 26.8 Å². The highest BCUT2D eigenvalue weighted by Crippen LogP contribution is 2.31. The second-order valence-corrected chi connectivity index (χ2v) is 4.90. The lowest BCUT2D eigenvalue weighted by molar-refractivity contribution is 0.373. The number of hydrogen-bond donors (Lipinski definition) is 1. The fraction of sp³-hybridized carbons (Fsp3) is 0.353. The summed E-state index contributed by atoms with van der Waals surface area (Å²) in [6.07, 6.45) is 2.97. The van der Waals surface area contributed by atoms with E-state index in [0.717, 1.165) is 30.6 Å². The minimum Gasteiger partial charge on any atom is -0.493 e. The van der Waals surface area contributed by atoms with Gasteiger partial charge in [-0.1, -0.05) is 19.1 Å². The van der Waals surface area contributed by atoms with Gasteiger partial charge in [-0.15, -0.1) is 0 Å². The largest absolute Gasteiger partial charge is 0.493 e. The standard InChI is InChI=1S/C17H22N2O2/c1-4-9-18-11-14-10-13(2)17(19-12-14)21-16-8-6-5-7-15(16)20-3/h5-8,10,12,18H,4,9,11H2,1-3H3. The van der Waals surface area contributed by atoms with Crippen molar-refractivity contribution in [2.24, 2.45) is 0 Å². The second kappa shape index (κ2) is 7.64. The number of benzene rings is 1. The topological polar surface area (TPSA) is 43.4 Å². The molecule has 0 radical (unpaired) electrons. The van der Waals surface area contributed by atoms with Crippen LogP contribution in [0.1, 0.15) is 24.5 Å². The van der Waals surface area contributed by atoms with E-state index in [9.17, 15) is 0 Å². The van der Waals surface area contributed by atoms with Crippen LogP contribution in [0.2, 0.25) is 0 Å². The lowest BCUT2D eigenvalue weighted by Crippen LogP contribution is -2.14. The molecule has 0 bridgehead atoms. The van der Waals surface area contributed by atoms with Crippen LogP contribution in [0.4, 0.5) is 0 Å².